The number of carbonyl (C=O) groups excluding carboxylic acids is 2. The van der Waals surface area contributed by atoms with Gasteiger partial charge in [-0.1, -0.05) is 23.7 Å². The molecular formula is C25H19ClN4O4S. The Morgan fingerprint density at radius 1 is 1.03 bits per heavy atom. The minimum Gasteiger partial charge on any atom is -0.612 e. The summed E-state index contributed by atoms with van der Waals surface area (Å²) in [5.41, 5.74) is 3.59. The largest absolute Gasteiger partial charge is 0.612 e. The number of anilines is 2. The summed E-state index contributed by atoms with van der Waals surface area (Å²) in [5, 5.41) is 13.1. The molecule has 4 aromatic rings. The van der Waals surface area contributed by atoms with Crippen LogP contribution in [-0.2, 0) is 17.8 Å². The van der Waals surface area contributed by atoms with Gasteiger partial charge in [0.25, 0.3) is 11.8 Å². The maximum atomic E-state index is 12.9. The van der Waals surface area contributed by atoms with Gasteiger partial charge in [0.05, 0.1) is 16.3 Å². The first-order chi connectivity index (χ1) is 16.9. The number of hydrogen-bond acceptors (Lipinski definition) is 5. The van der Waals surface area contributed by atoms with Crippen LogP contribution in [0.1, 0.15) is 26.4 Å². The first kappa shape index (κ1) is 23.0. The molecule has 176 valence electrons. The number of amides is 2. The summed E-state index contributed by atoms with van der Waals surface area (Å²) in [6, 6.07) is 18.8. The van der Waals surface area contributed by atoms with E-state index in [-0.39, 0.29) is 18.2 Å². The molecule has 0 bridgehead atoms. The normalized spacial score (nSPS) is 12.7. The van der Waals surface area contributed by atoms with Gasteiger partial charge in [-0.3, -0.25) is 14.7 Å². The third kappa shape index (κ3) is 4.61. The number of aromatic amines is 1. The Balaban J connectivity index is 1.38. The number of halogens is 1. The van der Waals surface area contributed by atoms with Crippen molar-refractivity contribution in [2.75, 3.05) is 16.9 Å². The number of benzene rings is 3. The predicted octanol–water partition coefficient (Wildman–Crippen LogP) is 4.86. The van der Waals surface area contributed by atoms with Crippen LogP contribution in [0.5, 0.6) is 5.75 Å². The third-order valence-electron chi connectivity index (χ3n) is 5.52. The van der Waals surface area contributed by atoms with E-state index in [9.17, 15) is 14.1 Å². The zero-order valence-electron chi connectivity index (χ0n) is 18.4. The van der Waals surface area contributed by atoms with Gasteiger partial charge in [0.15, 0.2) is 10.6 Å². The molecule has 1 unspecified atom stereocenters. The van der Waals surface area contributed by atoms with Crippen molar-refractivity contribution < 1.29 is 18.9 Å². The Labute approximate surface area is 208 Å². The molecule has 0 saturated carbocycles. The number of nitrogens with zero attached hydrogens (tertiary/aromatic N) is 1. The van der Waals surface area contributed by atoms with Crippen LogP contribution in [0, 0.1) is 0 Å². The Morgan fingerprint density at radius 2 is 1.74 bits per heavy atom. The Morgan fingerprint density at radius 3 is 2.49 bits per heavy atom. The fraction of sp³-hybridized carbons (Fsp3) is 0.0800. The Hall–Kier alpha value is -3.79. The summed E-state index contributed by atoms with van der Waals surface area (Å²) in [4.78, 5) is 26.2. The summed E-state index contributed by atoms with van der Waals surface area (Å²) in [6.45, 7) is 0.167. The molecule has 2 heterocycles. The zero-order valence-corrected chi connectivity index (χ0v) is 20.0. The van der Waals surface area contributed by atoms with Gasteiger partial charge in [0.2, 0.25) is 0 Å². The van der Waals surface area contributed by atoms with E-state index < -0.39 is 17.1 Å². The molecule has 1 atom stereocenters. The SMILES string of the molecule is C[S+]([O-])c1ccc(NC(=O)c2n[nH]c3c2COc2ccc(NC(=O)c4ccccc4Cl)cc2-3)cc1. The van der Waals surface area contributed by atoms with Crippen LogP contribution in [0.2, 0.25) is 5.02 Å². The van der Waals surface area contributed by atoms with Crippen molar-refractivity contribution in [3.8, 4) is 17.0 Å². The fourth-order valence-corrected chi connectivity index (χ4v) is 4.50. The number of fused-ring (bicyclic) bond motifs is 3. The molecule has 2 amide bonds. The van der Waals surface area contributed by atoms with Crippen LogP contribution in [0.4, 0.5) is 11.4 Å². The highest BCUT2D eigenvalue weighted by molar-refractivity contribution is 7.90. The second-order valence-electron chi connectivity index (χ2n) is 7.79. The molecule has 1 aliphatic heterocycles. The molecule has 0 saturated heterocycles. The standard InChI is InChI=1S/C25H19ClN4O4S/c1-35(33)16-9-6-14(7-10-16)27-25(32)23-19-13-34-21-11-8-15(12-18(21)22(19)29-30-23)28-24(31)17-4-2-3-5-20(17)26/h2-12H,13H2,1H3,(H,27,32)(H,28,31)(H,29,30). The van der Waals surface area contributed by atoms with Gasteiger partial charge in [-0.15, -0.1) is 0 Å². The molecule has 0 fully saturated rings. The highest BCUT2D eigenvalue weighted by atomic mass is 35.5. The summed E-state index contributed by atoms with van der Waals surface area (Å²) in [6.07, 6.45) is 1.59. The van der Waals surface area contributed by atoms with Crippen LogP contribution < -0.4 is 15.4 Å². The van der Waals surface area contributed by atoms with Crippen molar-refractivity contribution in [2.45, 2.75) is 11.5 Å². The molecule has 0 aliphatic carbocycles. The van der Waals surface area contributed by atoms with Crippen LogP contribution in [0.25, 0.3) is 11.3 Å². The average Bonchev–Trinajstić information content (AvgIpc) is 3.29. The molecule has 1 aliphatic rings. The lowest BCUT2D eigenvalue weighted by Crippen LogP contribution is -2.16. The topological polar surface area (TPSA) is 119 Å². The van der Waals surface area contributed by atoms with Crippen LogP contribution >= 0.6 is 11.6 Å². The average molecular weight is 507 g/mol. The molecule has 3 aromatic carbocycles. The van der Waals surface area contributed by atoms with Gasteiger partial charge in [-0.25, -0.2) is 0 Å². The van der Waals surface area contributed by atoms with E-state index in [1.165, 1.54) is 0 Å². The molecule has 8 nitrogen and oxygen atoms in total. The summed E-state index contributed by atoms with van der Waals surface area (Å²) < 4.78 is 17.4. The lowest BCUT2D eigenvalue weighted by Gasteiger charge is -2.19. The lowest BCUT2D eigenvalue weighted by molar-refractivity contribution is 0.101. The van der Waals surface area contributed by atoms with Crippen LogP contribution in [-0.4, -0.2) is 32.8 Å². The predicted molar refractivity (Wildman–Crippen MR) is 134 cm³/mol. The molecule has 0 radical (unpaired) electrons. The number of H-pyrrole nitrogens is 1. The first-order valence-corrected chi connectivity index (χ1v) is 12.5. The maximum Gasteiger partial charge on any atom is 0.276 e. The molecular weight excluding hydrogens is 488 g/mol. The van der Waals surface area contributed by atoms with Gasteiger partial charge in [0.1, 0.15) is 18.6 Å². The smallest absolute Gasteiger partial charge is 0.276 e. The lowest BCUT2D eigenvalue weighted by atomic mass is 10.0. The van der Waals surface area contributed by atoms with Crippen molar-refractivity contribution in [1.82, 2.24) is 10.2 Å². The van der Waals surface area contributed by atoms with Crippen LogP contribution in [0.3, 0.4) is 0 Å². The molecule has 10 heteroatoms. The van der Waals surface area contributed by atoms with Crippen molar-refractivity contribution in [3.05, 3.63) is 88.6 Å². The number of rotatable bonds is 5. The number of carbonyl (C=O) groups is 2. The second kappa shape index (κ2) is 9.46. The van der Waals surface area contributed by atoms with E-state index in [0.29, 0.717) is 49.4 Å². The van der Waals surface area contributed by atoms with E-state index in [1.54, 1.807) is 73.0 Å². The van der Waals surface area contributed by atoms with Crippen molar-refractivity contribution in [3.63, 3.8) is 0 Å². The minimum absolute atomic E-state index is 0.167. The molecule has 1 aromatic heterocycles. The van der Waals surface area contributed by atoms with Gasteiger partial charge >= 0.3 is 0 Å². The highest BCUT2D eigenvalue weighted by Gasteiger charge is 2.27. The minimum atomic E-state index is -1.10. The van der Waals surface area contributed by atoms with Crippen molar-refractivity contribution in [2.24, 2.45) is 0 Å². The van der Waals surface area contributed by atoms with Crippen LogP contribution in [0.15, 0.2) is 71.6 Å². The molecule has 5 rings (SSSR count). The summed E-state index contributed by atoms with van der Waals surface area (Å²) in [5.74, 6) is -0.134. The Bertz CT molecular complexity index is 1440. The van der Waals surface area contributed by atoms with Gasteiger partial charge in [-0.2, -0.15) is 5.10 Å². The van der Waals surface area contributed by atoms with E-state index in [0.717, 1.165) is 0 Å². The first-order valence-electron chi connectivity index (χ1n) is 10.6. The number of aromatic nitrogens is 2. The quantitative estimate of drug-likeness (QED) is 0.334. The summed E-state index contributed by atoms with van der Waals surface area (Å²) >= 11 is 5.03. The van der Waals surface area contributed by atoms with Gasteiger partial charge in [0, 0.05) is 22.5 Å². The van der Waals surface area contributed by atoms with Crippen molar-refractivity contribution >= 4 is 46.0 Å². The number of hydrogen-bond donors (Lipinski definition) is 3. The van der Waals surface area contributed by atoms with E-state index >= 15 is 0 Å². The Kier molecular flexibility index (Phi) is 6.21. The maximum absolute atomic E-state index is 12.9. The number of nitrogens with one attached hydrogen (secondary N) is 3. The molecule has 3 N–H and O–H groups in total. The third-order valence-corrected chi connectivity index (χ3v) is 6.79. The summed E-state index contributed by atoms with van der Waals surface area (Å²) in [7, 11) is 0. The monoisotopic (exact) mass is 506 g/mol. The number of ether oxygens (including phenoxy) is 1. The van der Waals surface area contributed by atoms with E-state index in [2.05, 4.69) is 20.8 Å². The fourth-order valence-electron chi connectivity index (χ4n) is 3.76. The zero-order chi connectivity index (χ0) is 24.5. The second-order valence-corrected chi connectivity index (χ2v) is 9.58. The van der Waals surface area contributed by atoms with Crippen molar-refractivity contribution in [1.29, 1.82) is 0 Å². The van der Waals surface area contributed by atoms with E-state index in [1.807, 2.05) is 0 Å². The van der Waals surface area contributed by atoms with Gasteiger partial charge in [-0.05, 0) is 65.8 Å². The molecule has 0 spiro atoms. The molecule has 35 heavy (non-hydrogen) atoms. The highest BCUT2D eigenvalue weighted by Crippen LogP contribution is 2.39. The van der Waals surface area contributed by atoms with Gasteiger partial charge < -0.3 is 19.9 Å². The van der Waals surface area contributed by atoms with E-state index in [4.69, 9.17) is 16.3 Å².